The second kappa shape index (κ2) is 5.51. The molecule has 0 saturated carbocycles. The number of hydrogen-bond acceptors (Lipinski definition) is 1. The molecule has 2 heteroatoms. The molecule has 0 bridgehead atoms. The molecule has 1 N–H and O–H groups in total. The van der Waals surface area contributed by atoms with E-state index in [1.165, 1.54) is 30.7 Å². The molecule has 0 aliphatic carbocycles. The van der Waals surface area contributed by atoms with Gasteiger partial charge in [0.25, 0.3) is 0 Å². The predicted octanol–water partition coefficient (Wildman–Crippen LogP) is 3.97. The number of rotatable bonds is 5. The molecule has 0 saturated heterocycles. The molecule has 0 fully saturated rings. The fraction of sp³-hybridized carbons (Fsp3) is 0.538. The van der Waals surface area contributed by atoms with Gasteiger partial charge in [-0.3, -0.25) is 0 Å². The number of benzene rings is 1. The topological polar surface area (TPSA) is 20.2 Å². The first kappa shape index (κ1) is 12.5. The molecule has 0 aromatic heterocycles. The molecule has 1 aromatic rings. The lowest BCUT2D eigenvalue weighted by Crippen LogP contribution is -1.99. The summed E-state index contributed by atoms with van der Waals surface area (Å²) in [5, 5.41) is 9.21. The first-order chi connectivity index (χ1) is 7.03. The van der Waals surface area contributed by atoms with E-state index in [1.54, 1.807) is 12.1 Å². The van der Waals surface area contributed by atoms with Crippen molar-refractivity contribution < 1.29 is 5.11 Å². The molecule has 84 valence electrons. The van der Waals surface area contributed by atoms with E-state index in [-0.39, 0.29) is 0 Å². The molecule has 0 spiro atoms. The van der Waals surface area contributed by atoms with Crippen molar-refractivity contribution in [2.45, 2.75) is 25.9 Å². The zero-order valence-corrected chi connectivity index (χ0v) is 10.9. The zero-order chi connectivity index (χ0) is 11.3. The second-order valence-electron chi connectivity index (χ2n) is 4.84. The summed E-state index contributed by atoms with van der Waals surface area (Å²) >= 11 is 0. The van der Waals surface area contributed by atoms with Crippen LogP contribution in [0.1, 0.15) is 25.3 Å². The van der Waals surface area contributed by atoms with E-state index in [1.807, 2.05) is 12.1 Å². The fourth-order valence-electron chi connectivity index (χ4n) is 1.76. The third kappa shape index (κ3) is 4.66. The maximum atomic E-state index is 9.21. The summed E-state index contributed by atoms with van der Waals surface area (Å²) in [6.07, 6.45) is 5.22. The van der Waals surface area contributed by atoms with Gasteiger partial charge >= 0.3 is 0 Å². The van der Waals surface area contributed by atoms with Crippen molar-refractivity contribution >= 4 is 7.26 Å². The number of phenolic OH excluding ortho intramolecular Hbond substituents is 1. The van der Waals surface area contributed by atoms with E-state index in [9.17, 15) is 5.11 Å². The Labute approximate surface area is 93.9 Å². The van der Waals surface area contributed by atoms with Gasteiger partial charge < -0.3 is 5.11 Å². The van der Waals surface area contributed by atoms with Crippen molar-refractivity contribution in [2.24, 2.45) is 0 Å². The van der Waals surface area contributed by atoms with Crippen molar-refractivity contribution in [1.82, 2.24) is 0 Å². The van der Waals surface area contributed by atoms with Crippen LogP contribution in [0.3, 0.4) is 0 Å². The Morgan fingerprint density at radius 2 is 1.73 bits per heavy atom. The zero-order valence-electron chi connectivity index (χ0n) is 10.0. The molecule has 1 nitrogen and oxygen atoms in total. The Kier molecular flexibility index (Phi) is 4.60. The van der Waals surface area contributed by atoms with Crippen molar-refractivity contribution in [2.75, 3.05) is 19.5 Å². The van der Waals surface area contributed by atoms with Gasteiger partial charge in [-0.2, -0.15) is 0 Å². The summed E-state index contributed by atoms with van der Waals surface area (Å²) in [5.41, 5.74) is 1.36. The highest BCUT2D eigenvalue weighted by atomic mass is 31.2. The van der Waals surface area contributed by atoms with Crippen LogP contribution < -0.4 is 0 Å². The lowest BCUT2D eigenvalue weighted by atomic mass is 10.2. The van der Waals surface area contributed by atoms with Gasteiger partial charge in [-0.05, 0) is 24.1 Å². The third-order valence-electron chi connectivity index (χ3n) is 2.66. The van der Waals surface area contributed by atoms with Gasteiger partial charge in [-0.15, -0.1) is 0 Å². The van der Waals surface area contributed by atoms with Gasteiger partial charge in [-0.1, -0.05) is 25.5 Å². The normalized spacial score (nSPS) is 11.7. The minimum Gasteiger partial charge on any atom is -0.508 e. The lowest BCUT2D eigenvalue weighted by Gasteiger charge is -2.17. The SMILES string of the molecule is CCCC[P+](C)(C)Cc1ccc(O)cc1. The Bertz CT molecular complexity index is 290. The van der Waals surface area contributed by atoms with Gasteiger partial charge in [0, 0.05) is 20.6 Å². The second-order valence-corrected chi connectivity index (χ2v) is 9.47. The van der Waals surface area contributed by atoms with E-state index >= 15 is 0 Å². The maximum Gasteiger partial charge on any atom is 0.115 e. The van der Waals surface area contributed by atoms with Crippen LogP contribution in [0.15, 0.2) is 24.3 Å². The summed E-state index contributed by atoms with van der Waals surface area (Å²) in [6.45, 7) is 7.10. The van der Waals surface area contributed by atoms with Crippen molar-refractivity contribution in [3.05, 3.63) is 29.8 Å². The molecule has 0 radical (unpaired) electrons. The molecule has 15 heavy (non-hydrogen) atoms. The van der Waals surface area contributed by atoms with Gasteiger partial charge in [0.1, 0.15) is 5.75 Å². The molecule has 0 heterocycles. The monoisotopic (exact) mass is 225 g/mol. The molecule has 0 atom stereocenters. The number of phenols is 1. The van der Waals surface area contributed by atoms with Crippen LogP contribution in [0.2, 0.25) is 0 Å². The molecule has 1 rings (SSSR count). The average molecular weight is 225 g/mol. The number of aromatic hydroxyl groups is 1. The van der Waals surface area contributed by atoms with Crippen molar-refractivity contribution in [3.8, 4) is 5.75 Å². The molecule has 0 unspecified atom stereocenters. The fourth-order valence-corrected chi connectivity index (χ4v) is 4.29. The summed E-state index contributed by atoms with van der Waals surface area (Å²) in [6, 6.07) is 7.66. The average Bonchev–Trinajstić information content (AvgIpc) is 2.18. The van der Waals surface area contributed by atoms with Crippen molar-refractivity contribution in [3.63, 3.8) is 0 Å². The highest BCUT2D eigenvalue weighted by molar-refractivity contribution is 7.73. The predicted molar refractivity (Wildman–Crippen MR) is 70.4 cm³/mol. The minimum absolute atomic E-state index is 0.364. The molecule has 0 aliphatic rings. The summed E-state index contributed by atoms with van der Waals surface area (Å²) in [5.74, 6) is 0.364. The smallest absolute Gasteiger partial charge is 0.115 e. The van der Waals surface area contributed by atoms with Crippen LogP contribution in [-0.4, -0.2) is 24.6 Å². The number of hydrogen-bond donors (Lipinski definition) is 1. The van der Waals surface area contributed by atoms with Crippen LogP contribution in [0.4, 0.5) is 0 Å². The first-order valence-corrected chi connectivity index (χ1v) is 8.69. The Balaban J connectivity index is 2.56. The van der Waals surface area contributed by atoms with Gasteiger partial charge in [0.2, 0.25) is 0 Å². The van der Waals surface area contributed by atoms with Crippen LogP contribution in [0, 0.1) is 0 Å². The molecule has 0 aliphatic heterocycles. The van der Waals surface area contributed by atoms with Crippen LogP contribution in [-0.2, 0) is 6.16 Å². The first-order valence-electron chi connectivity index (χ1n) is 5.63. The third-order valence-corrected chi connectivity index (χ3v) is 5.41. The highest BCUT2D eigenvalue weighted by Gasteiger charge is 2.24. The van der Waals surface area contributed by atoms with Gasteiger partial charge in [-0.25, -0.2) is 0 Å². The summed E-state index contributed by atoms with van der Waals surface area (Å²) in [7, 11) is -0.778. The summed E-state index contributed by atoms with van der Waals surface area (Å²) < 4.78 is 0. The van der Waals surface area contributed by atoms with E-state index in [2.05, 4.69) is 20.3 Å². The molecule has 0 amide bonds. The molecular formula is C13H22OP+. The maximum absolute atomic E-state index is 9.21. The molecule has 1 aromatic carbocycles. The number of unbranched alkanes of at least 4 members (excludes halogenated alkanes) is 1. The van der Waals surface area contributed by atoms with E-state index in [0.717, 1.165) is 0 Å². The van der Waals surface area contributed by atoms with Gasteiger partial charge in [0.05, 0.1) is 12.3 Å². The largest absolute Gasteiger partial charge is 0.508 e. The van der Waals surface area contributed by atoms with Crippen LogP contribution in [0.25, 0.3) is 0 Å². The molecular weight excluding hydrogens is 203 g/mol. The Morgan fingerprint density at radius 3 is 2.27 bits per heavy atom. The minimum atomic E-state index is -0.778. The van der Waals surface area contributed by atoms with E-state index < -0.39 is 7.26 Å². The van der Waals surface area contributed by atoms with Crippen LogP contribution >= 0.6 is 7.26 Å². The Morgan fingerprint density at radius 1 is 1.13 bits per heavy atom. The van der Waals surface area contributed by atoms with E-state index in [4.69, 9.17) is 0 Å². The quantitative estimate of drug-likeness (QED) is 0.752. The highest BCUT2D eigenvalue weighted by Crippen LogP contribution is 2.54. The van der Waals surface area contributed by atoms with Crippen LogP contribution in [0.5, 0.6) is 5.75 Å². The van der Waals surface area contributed by atoms with Gasteiger partial charge in [0.15, 0.2) is 0 Å². The van der Waals surface area contributed by atoms with Crippen molar-refractivity contribution in [1.29, 1.82) is 0 Å². The Hall–Kier alpha value is -0.550. The lowest BCUT2D eigenvalue weighted by molar-refractivity contribution is 0.475. The van der Waals surface area contributed by atoms with E-state index in [0.29, 0.717) is 5.75 Å². The standard InChI is InChI=1S/C13H21OP/c1-4-5-10-15(2,3)11-12-6-8-13(14)9-7-12/h6-9H,4-5,10-11H2,1-3H3/p+1. The summed E-state index contributed by atoms with van der Waals surface area (Å²) in [4.78, 5) is 0.